The molecule has 69 heavy (non-hydrogen) atoms. The lowest BCUT2D eigenvalue weighted by Gasteiger charge is -2.30. The molecule has 3 aliphatic heterocycles. The van der Waals surface area contributed by atoms with Crippen LogP contribution in [0.15, 0.2) is 73.1 Å². The Bertz CT molecular complexity index is 2680. The largest absolute Gasteiger partial charge is 0.493 e. The van der Waals surface area contributed by atoms with Crippen molar-refractivity contribution in [2.24, 2.45) is 11.8 Å². The molecule has 5 aromatic rings. The summed E-state index contributed by atoms with van der Waals surface area (Å²) in [7, 11) is 5.67. The van der Waals surface area contributed by atoms with Crippen LogP contribution in [0.25, 0.3) is 33.6 Å². The molecule has 6 amide bonds. The molecule has 2 fully saturated rings. The lowest BCUT2D eigenvalue weighted by Crippen LogP contribution is -2.52. The minimum Gasteiger partial charge on any atom is -0.493 e. The van der Waals surface area contributed by atoms with Crippen LogP contribution in [-0.4, -0.2) is 130 Å². The van der Waals surface area contributed by atoms with Crippen molar-refractivity contribution in [2.75, 3.05) is 48.2 Å². The number of amides is 6. The first-order chi connectivity index (χ1) is 33.2. The van der Waals surface area contributed by atoms with Crippen molar-refractivity contribution in [3.63, 3.8) is 0 Å². The average molecular weight is 945 g/mol. The van der Waals surface area contributed by atoms with Crippen molar-refractivity contribution < 1.29 is 42.9 Å². The second-order valence-electron chi connectivity index (χ2n) is 18.2. The zero-order valence-corrected chi connectivity index (χ0v) is 40.2. The number of aromatic amines is 2. The van der Waals surface area contributed by atoms with Gasteiger partial charge >= 0.3 is 18.2 Å². The van der Waals surface area contributed by atoms with Crippen LogP contribution in [0.4, 0.5) is 14.4 Å². The van der Waals surface area contributed by atoms with Gasteiger partial charge in [0.2, 0.25) is 11.8 Å². The third kappa shape index (κ3) is 9.75. The van der Waals surface area contributed by atoms with Gasteiger partial charge in [-0.15, -0.1) is 0 Å². The summed E-state index contributed by atoms with van der Waals surface area (Å²) in [6.07, 6.45) is 3.71. The van der Waals surface area contributed by atoms with Gasteiger partial charge in [0.1, 0.15) is 29.8 Å². The molecule has 0 unspecified atom stereocenters. The van der Waals surface area contributed by atoms with Crippen molar-refractivity contribution in [2.45, 2.75) is 77.8 Å². The number of likely N-dealkylation sites (tertiary alicyclic amines) is 1. The molecule has 364 valence electrons. The summed E-state index contributed by atoms with van der Waals surface area (Å²) in [5, 5.41) is 5.38. The Morgan fingerprint density at radius 1 is 0.638 bits per heavy atom. The highest BCUT2D eigenvalue weighted by atomic mass is 16.5. The number of alkyl carbamates (subject to hydrolysis) is 2. The summed E-state index contributed by atoms with van der Waals surface area (Å²) >= 11 is 0. The van der Waals surface area contributed by atoms with Gasteiger partial charge in [-0.3, -0.25) is 9.59 Å². The second-order valence-corrected chi connectivity index (χ2v) is 18.2. The number of carbonyl (C=O) groups is 5. The molecule has 4 atom stereocenters. The minimum atomic E-state index is -0.919. The summed E-state index contributed by atoms with van der Waals surface area (Å²) in [5.74, 6) is 1.42. The van der Waals surface area contributed by atoms with Crippen LogP contribution < -0.4 is 20.1 Å². The van der Waals surface area contributed by atoms with Crippen molar-refractivity contribution in [1.29, 1.82) is 0 Å². The number of hydrogen-bond acceptors (Lipinski definition) is 11. The molecule has 19 nitrogen and oxygen atoms in total. The normalized spacial score (nSPS) is 17.5. The number of ether oxygens (including phenoxy) is 4. The van der Waals surface area contributed by atoms with Gasteiger partial charge in [0.25, 0.3) is 0 Å². The van der Waals surface area contributed by atoms with Gasteiger partial charge in [-0.05, 0) is 58.6 Å². The van der Waals surface area contributed by atoms with E-state index in [0.717, 1.165) is 57.6 Å². The highest BCUT2D eigenvalue weighted by molar-refractivity contribution is 5.88. The molecule has 5 heterocycles. The highest BCUT2D eigenvalue weighted by Gasteiger charge is 2.44. The van der Waals surface area contributed by atoms with Crippen molar-refractivity contribution in [3.05, 3.63) is 95.8 Å². The van der Waals surface area contributed by atoms with Crippen molar-refractivity contribution in [1.82, 2.24) is 50.2 Å². The first-order valence-corrected chi connectivity index (χ1v) is 23.1. The van der Waals surface area contributed by atoms with Crippen LogP contribution in [0.5, 0.6) is 11.5 Å². The van der Waals surface area contributed by atoms with E-state index >= 15 is 0 Å². The zero-order chi connectivity index (χ0) is 49.1. The molecule has 0 aliphatic carbocycles. The highest BCUT2D eigenvalue weighted by Crippen LogP contribution is 2.40. The number of fused-ring (bicyclic) bond motifs is 1. The quantitative estimate of drug-likeness (QED) is 0.0957. The first-order valence-electron chi connectivity index (χ1n) is 23.1. The summed E-state index contributed by atoms with van der Waals surface area (Å²) in [6.45, 7) is 8.83. The van der Waals surface area contributed by atoms with E-state index in [-0.39, 0.29) is 48.9 Å². The standard InChI is InChI=1S/C50H60N10O9/c1-28(2)41(55-48(63)68-7)46(61)59-21-9-10-38(59)44-51-22-36(53-44)32-15-11-30(12-16-32)31-13-17-33(18-14-31)37-23-52-45(54-37)39-26-58(27-60(39)47(62)42(29(3)4)56-49(64)69-8)50(65)57-24-34-19-20-40(66-5)43(67-6)35(34)25-57/h11-20,22-23,28-29,38-39,41-42H,9-10,21,24-27H2,1-8H3,(H,51,53)(H,52,54)(H,55,63)(H,56,64)/t38-,39-,41-,42-/m0/s1. The SMILES string of the molecule is COC(=O)N[C@H](C(=O)N1CCC[C@H]1c1ncc(-c2ccc(-c3ccc(-c4cnc([C@@H]5CN(C(=O)N6Cc7ccc(OC)c(OC)c7C6)CN5C(=O)[C@@H](NC(=O)OC)C(C)C)[nH]4)cc3)cc2)[nH]1)C(C)C. The molecule has 4 N–H and O–H groups in total. The molecule has 3 aromatic carbocycles. The Morgan fingerprint density at radius 2 is 1.16 bits per heavy atom. The number of nitrogens with zero attached hydrogens (tertiary/aromatic N) is 6. The topological polar surface area (TPSA) is 217 Å². The van der Waals surface area contributed by atoms with Crippen molar-refractivity contribution >= 4 is 30.0 Å². The molecule has 2 aromatic heterocycles. The third-order valence-corrected chi connectivity index (χ3v) is 13.2. The van der Waals surface area contributed by atoms with E-state index in [4.69, 9.17) is 23.9 Å². The number of urea groups is 1. The number of benzene rings is 3. The maximum absolute atomic E-state index is 14.4. The average Bonchev–Trinajstić information content (AvgIpc) is 4.23. The predicted octanol–water partition coefficient (Wildman–Crippen LogP) is 6.85. The van der Waals surface area contributed by atoms with E-state index in [0.29, 0.717) is 42.8 Å². The summed E-state index contributed by atoms with van der Waals surface area (Å²) < 4.78 is 20.8. The molecule has 0 radical (unpaired) electrons. The van der Waals surface area contributed by atoms with E-state index in [2.05, 4.69) is 25.6 Å². The second kappa shape index (κ2) is 20.3. The Kier molecular flexibility index (Phi) is 14.1. The third-order valence-electron chi connectivity index (χ3n) is 13.2. The van der Waals surface area contributed by atoms with Crippen LogP contribution in [0.3, 0.4) is 0 Å². The number of imidazole rings is 2. The molecule has 3 aliphatic rings. The number of hydrogen-bond donors (Lipinski definition) is 4. The molecule has 8 rings (SSSR count). The van der Waals surface area contributed by atoms with E-state index in [1.54, 1.807) is 46.2 Å². The van der Waals surface area contributed by atoms with Crippen LogP contribution in [0.2, 0.25) is 0 Å². The van der Waals surface area contributed by atoms with Crippen LogP contribution in [0.1, 0.15) is 75.4 Å². The minimum absolute atomic E-state index is 0.0244. The van der Waals surface area contributed by atoms with Crippen molar-refractivity contribution in [3.8, 4) is 45.1 Å². The first kappa shape index (κ1) is 47.9. The number of H-pyrrole nitrogens is 2. The molecule has 19 heteroatoms. The van der Waals surface area contributed by atoms with Crippen LogP contribution in [-0.2, 0) is 32.2 Å². The Hall–Kier alpha value is -7.57. The van der Waals surface area contributed by atoms with Crippen LogP contribution in [0, 0.1) is 11.8 Å². The van der Waals surface area contributed by atoms with Gasteiger partial charge in [-0.2, -0.15) is 0 Å². The molecule has 0 saturated carbocycles. The summed E-state index contributed by atoms with van der Waals surface area (Å²) in [4.78, 5) is 89.7. The van der Waals surface area contributed by atoms with Gasteiger partial charge in [0.05, 0.1) is 78.0 Å². The predicted molar refractivity (Wildman–Crippen MR) is 254 cm³/mol. The molecule has 2 saturated heterocycles. The Morgan fingerprint density at radius 3 is 1.67 bits per heavy atom. The number of methoxy groups -OCH3 is 4. The lowest BCUT2D eigenvalue weighted by atomic mass is 10.0. The van der Waals surface area contributed by atoms with Gasteiger partial charge in [-0.1, -0.05) is 82.3 Å². The summed E-state index contributed by atoms with van der Waals surface area (Å²) in [6, 6.07) is 17.2. The number of aromatic nitrogens is 4. The maximum Gasteiger partial charge on any atom is 0.407 e. The smallest absolute Gasteiger partial charge is 0.407 e. The number of carbonyl (C=O) groups excluding carboxylic acids is 5. The monoisotopic (exact) mass is 944 g/mol. The van der Waals surface area contributed by atoms with Gasteiger partial charge in [-0.25, -0.2) is 24.4 Å². The van der Waals surface area contributed by atoms with Gasteiger partial charge in [0, 0.05) is 18.7 Å². The van der Waals surface area contributed by atoms with Gasteiger partial charge < -0.3 is 59.1 Å². The van der Waals surface area contributed by atoms with E-state index in [9.17, 15) is 24.0 Å². The van der Waals surface area contributed by atoms with Gasteiger partial charge in [0.15, 0.2) is 11.5 Å². The fourth-order valence-corrected chi connectivity index (χ4v) is 9.45. The fraction of sp³-hybridized carbons (Fsp3) is 0.420. The summed E-state index contributed by atoms with van der Waals surface area (Å²) in [5.41, 5.74) is 7.18. The molecular formula is C50H60N10O9. The maximum atomic E-state index is 14.4. The fourth-order valence-electron chi connectivity index (χ4n) is 9.45. The zero-order valence-electron chi connectivity index (χ0n) is 40.2. The molecule has 0 spiro atoms. The van der Waals surface area contributed by atoms with E-state index in [1.807, 2.05) is 88.4 Å². The molecular weight excluding hydrogens is 885 g/mol. The van der Waals surface area contributed by atoms with Crippen LogP contribution >= 0.6 is 0 Å². The number of rotatable bonds is 13. The Balaban J connectivity index is 0.966. The van der Waals surface area contributed by atoms with E-state index < -0.39 is 30.3 Å². The Labute approximate surface area is 400 Å². The number of nitrogens with one attached hydrogen (secondary N) is 4. The molecule has 0 bridgehead atoms. The lowest BCUT2D eigenvalue weighted by molar-refractivity contribution is -0.136. The van der Waals surface area contributed by atoms with E-state index in [1.165, 1.54) is 14.2 Å².